The summed E-state index contributed by atoms with van der Waals surface area (Å²) in [5.74, 6) is 0. The van der Waals surface area contributed by atoms with E-state index in [0.717, 1.165) is 51.1 Å². The normalized spacial score (nSPS) is 13.2. The van der Waals surface area contributed by atoms with Crippen LogP contribution in [0.25, 0.3) is 11.6 Å². The van der Waals surface area contributed by atoms with Crippen LogP contribution in [0.5, 0.6) is 0 Å². The van der Waals surface area contributed by atoms with Crippen molar-refractivity contribution in [2.24, 2.45) is 4.99 Å². The van der Waals surface area contributed by atoms with Crippen LogP contribution in [0.15, 0.2) is 217 Å². The first-order valence-corrected chi connectivity index (χ1v) is 23.0. The second kappa shape index (κ2) is 21.9. The van der Waals surface area contributed by atoms with E-state index in [9.17, 15) is 5.11 Å². The van der Waals surface area contributed by atoms with E-state index in [1.54, 1.807) is 0 Å². The number of alkyl halides is 2. The van der Waals surface area contributed by atoms with Gasteiger partial charge >= 0.3 is 0 Å². The van der Waals surface area contributed by atoms with Crippen LogP contribution in [-0.4, -0.2) is 26.2 Å². The van der Waals surface area contributed by atoms with Gasteiger partial charge in [-0.1, -0.05) is 188 Å². The van der Waals surface area contributed by atoms with Crippen molar-refractivity contribution in [1.82, 2.24) is 9.55 Å². The van der Waals surface area contributed by atoms with Crippen molar-refractivity contribution in [2.45, 2.75) is 51.7 Å². The molecule has 0 aliphatic carbocycles. The molecule has 9 rings (SSSR count). The maximum atomic E-state index is 13.1. The summed E-state index contributed by atoms with van der Waals surface area (Å²) in [5, 5.41) is 13.3. The first kappa shape index (κ1) is 46.4. The standard InChI is InChI=1S/C38H34N2O.C20H19N.CH2Cl2/c1-29-16-15-25-35(30(29)2)37(41,26-31-17-7-3-8-18-31)36-27-39-28-40(36)38(32-19-9-4-10-20-32,33-21-11-5-12-22-33)34-23-13-6-14-24-34;1-15-7-6-10-19(16(15)2)20(18-11-12-21-14-18)13-17-8-4-3-5-9-17;2-1-3/h3-25,27-28,41H,26H2,1-2H3;3-10,12-14H,11H2,1-2H3;1H2/b;20-13+;. The smallest absolute Gasteiger partial charge is 0.135 e. The van der Waals surface area contributed by atoms with Crippen LogP contribution in [-0.2, 0) is 17.6 Å². The molecule has 6 heteroatoms. The van der Waals surface area contributed by atoms with Crippen LogP contribution in [0, 0.1) is 27.7 Å². The van der Waals surface area contributed by atoms with Gasteiger partial charge in [0.25, 0.3) is 0 Å². The number of rotatable bonds is 11. The van der Waals surface area contributed by atoms with Gasteiger partial charge in [-0.15, -0.1) is 23.2 Å². The topological polar surface area (TPSA) is 50.4 Å². The Morgan fingerprint density at radius 1 is 0.615 bits per heavy atom. The van der Waals surface area contributed by atoms with E-state index < -0.39 is 11.1 Å². The van der Waals surface area contributed by atoms with Crippen LogP contribution in [0.2, 0.25) is 0 Å². The predicted octanol–water partition coefficient (Wildman–Crippen LogP) is 14.4. The number of imidazole rings is 1. The summed E-state index contributed by atoms with van der Waals surface area (Å²) in [6, 6.07) is 65.0. The number of allylic oxidation sites excluding steroid dienone is 2. The number of aliphatic hydroxyl groups is 1. The number of benzene rings is 7. The number of halogens is 2. The highest BCUT2D eigenvalue weighted by Gasteiger charge is 2.45. The zero-order chi connectivity index (χ0) is 45.7. The SMILES string of the molecule is Cc1cccc(/C(=C/c2ccccc2)C2=CN=CC2)c1C.Cc1cccc(C(O)(Cc2ccccc2)c2cncn2C(c2ccccc2)(c2ccccc2)c2ccccc2)c1C.ClCCl. The second-order valence-corrected chi connectivity index (χ2v) is 17.0. The van der Waals surface area contributed by atoms with E-state index in [2.05, 4.69) is 183 Å². The first-order chi connectivity index (χ1) is 31.7. The zero-order valence-electron chi connectivity index (χ0n) is 37.5. The maximum absolute atomic E-state index is 13.1. The number of aromatic nitrogens is 2. The Bertz CT molecular complexity index is 2760. The summed E-state index contributed by atoms with van der Waals surface area (Å²) in [7, 11) is 0. The molecule has 0 saturated heterocycles. The Hall–Kier alpha value is -6.56. The van der Waals surface area contributed by atoms with Gasteiger partial charge in [-0.2, -0.15) is 0 Å². The summed E-state index contributed by atoms with van der Waals surface area (Å²) >= 11 is 9.53. The molecule has 0 saturated carbocycles. The average molecular weight is 893 g/mol. The number of aryl methyl sites for hydroxylation is 2. The minimum absolute atomic E-state index is 0.194. The van der Waals surface area contributed by atoms with Gasteiger partial charge in [-0.05, 0) is 106 Å². The van der Waals surface area contributed by atoms with Gasteiger partial charge in [0.05, 0.1) is 23.6 Å². The summed E-state index contributed by atoms with van der Waals surface area (Å²) < 4.78 is 2.19. The molecule has 65 heavy (non-hydrogen) atoms. The highest BCUT2D eigenvalue weighted by Crippen LogP contribution is 2.45. The van der Waals surface area contributed by atoms with Crippen molar-refractivity contribution in [3.05, 3.63) is 279 Å². The third kappa shape index (κ3) is 10.2. The molecule has 8 aromatic rings. The lowest BCUT2D eigenvalue weighted by Crippen LogP contribution is -2.43. The monoisotopic (exact) mass is 891 g/mol. The van der Waals surface area contributed by atoms with Gasteiger partial charge < -0.3 is 9.67 Å². The first-order valence-electron chi connectivity index (χ1n) is 21.9. The van der Waals surface area contributed by atoms with Crippen molar-refractivity contribution in [2.75, 3.05) is 5.34 Å². The molecule has 1 unspecified atom stereocenters. The van der Waals surface area contributed by atoms with Crippen LogP contribution in [0.4, 0.5) is 0 Å². The molecule has 1 aliphatic heterocycles. The van der Waals surface area contributed by atoms with Gasteiger partial charge in [0.2, 0.25) is 0 Å². The van der Waals surface area contributed by atoms with Crippen molar-refractivity contribution in [3.63, 3.8) is 0 Å². The van der Waals surface area contributed by atoms with Crippen LogP contribution in [0.1, 0.15) is 73.3 Å². The summed E-state index contributed by atoms with van der Waals surface area (Å²) in [4.78, 5) is 9.03. The Labute approximate surface area is 395 Å². The molecule has 1 N–H and O–H groups in total. The molecule has 2 heterocycles. The quantitative estimate of drug-likeness (QED) is 0.0799. The summed E-state index contributed by atoms with van der Waals surface area (Å²) in [6.45, 7) is 8.56. The molecular weight excluding hydrogens is 838 g/mol. The molecule has 0 bridgehead atoms. The van der Waals surface area contributed by atoms with Gasteiger partial charge in [-0.25, -0.2) is 4.98 Å². The van der Waals surface area contributed by atoms with E-state index in [0.29, 0.717) is 6.42 Å². The minimum Gasteiger partial charge on any atom is -0.378 e. The van der Waals surface area contributed by atoms with Crippen molar-refractivity contribution >= 4 is 41.1 Å². The molecule has 1 aliphatic rings. The van der Waals surface area contributed by atoms with E-state index >= 15 is 0 Å². The van der Waals surface area contributed by atoms with E-state index in [4.69, 9.17) is 28.2 Å². The summed E-state index contributed by atoms with van der Waals surface area (Å²) in [6.07, 6.45) is 11.3. The molecule has 0 radical (unpaired) electrons. The Kier molecular flexibility index (Phi) is 15.6. The Morgan fingerprint density at radius 2 is 1.11 bits per heavy atom. The third-order valence-electron chi connectivity index (χ3n) is 12.3. The van der Waals surface area contributed by atoms with Crippen molar-refractivity contribution in [3.8, 4) is 0 Å². The lowest BCUT2D eigenvalue weighted by molar-refractivity contribution is 0.0694. The number of hydrogen-bond acceptors (Lipinski definition) is 3. The lowest BCUT2D eigenvalue weighted by atomic mass is 9.75. The molecular formula is C59H55Cl2N3O. The maximum Gasteiger partial charge on any atom is 0.135 e. The largest absolute Gasteiger partial charge is 0.378 e. The number of aliphatic imine (C=N–C) groups is 1. The van der Waals surface area contributed by atoms with E-state index in [1.165, 1.54) is 33.4 Å². The van der Waals surface area contributed by atoms with Gasteiger partial charge in [0.1, 0.15) is 11.1 Å². The van der Waals surface area contributed by atoms with Crippen LogP contribution < -0.4 is 0 Å². The van der Waals surface area contributed by atoms with Crippen LogP contribution in [0.3, 0.4) is 0 Å². The van der Waals surface area contributed by atoms with Crippen molar-refractivity contribution < 1.29 is 5.11 Å². The fraction of sp³-hybridized carbons (Fsp3) is 0.153. The average Bonchev–Trinajstić information content (AvgIpc) is 4.08. The van der Waals surface area contributed by atoms with Crippen molar-refractivity contribution in [1.29, 1.82) is 0 Å². The predicted molar refractivity (Wildman–Crippen MR) is 274 cm³/mol. The minimum atomic E-state index is -1.36. The molecule has 0 fully saturated rings. The van der Waals surface area contributed by atoms with Gasteiger partial charge in [-0.3, -0.25) is 4.99 Å². The zero-order valence-corrected chi connectivity index (χ0v) is 39.0. The highest BCUT2D eigenvalue weighted by molar-refractivity contribution is 6.40. The van der Waals surface area contributed by atoms with E-state index in [-0.39, 0.29) is 5.34 Å². The van der Waals surface area contributed by atoms with E-state index in [1.807, 2.05) is 73.5 Å². The second-order valence-electron chi connectivity index (χ2n) is 16.2. The highest BCUT2D eigenvalue weighted by atomic mass is 35.5. The van der Waals surface area contributed by atoms with Gasteiger partial charge in [0.15, 0.2) is 0 Å². The molecule has 7 aromatic carbocycles. The molecule has 1 aromatic heterocycles. The number of nitrogens with zero attached hydrogens (tertiary/aromatic N) is 3. The molecule has 0 amide bonds. The molecule has 1 atom stereocenters. The molecule has 4 nitrogen and oxygen atoms in total. The van der Waals surface area contributed by atoms with Gasteiger partial charge in [0, 0.05) is 25.3 Å². The molecule has 326 valence electrons. The summed E-state index contributed by atoms with van der Waals surface area (Å²) in [5.41, 5.74) is 13.7. The number of hydrogen-bond donors (Lipinski definition) is 1. The Balaban J connectivity index is 0.000000219. The Morgan fingerprint density at radius 3 is 1.63 bits per heavy atom. The molecule has 0 spiro atoms. The van der Waals surface area contributed by atoms with Crippen LogP contribution >= 0.6 is 23.2 Å². The third-order valence-corrected chi connectivity index (χ3v) is 12.3. The fourth-order valence-corrected chi connectivity index (χ4v) is 8.87. The lowest BCUT2D eigenvalue weighted by Gasteiger charge is -2.42. The fourth-order valence-electron chi connectivity index (χ4n) is 8.87.